The van der Waals surface area contributed by atoms with Crippen molar-refractivity contribution in [1.82, 2.24) is 10.2 Å². The number of benzene rings is 2. The van der Waals surface area contributed by atoms with Crippen molar-refractivity contribution in [2.45, 2.75) is 66.5 Å². The highest BCUT2D eigenvalue weighted by molar-refractivity contribution is 5.99. The zero-order valence-electron chi connectivity index (χ0n) is 21.3. The summed E-state index contributed by atoms with van der Waals surface area (Å²) in [7, 11) is 0. The lowest BCUT2D eigenvalue weighted by Gasteiger charge is -2.32. The van der Waals surface area contributed by atoms with E-state index in [1.807, 2.05) is 70.2 Å². The molecule has 0 aliphatic carbocycles. The number of aryl methyl sites for hydroxylation is 3. The number of nitrogens with zero attached hydrogens (tertiary/aromatic N) is 1. The number of carbonyl (C=O) groups is 3. The van der Waals surface area contributed by atoms with E-state index >= 15 is 0 Å². The third kappa shape index (κ3) is 7.61. The smallest absolute Gasteiger partial charge is 0.408 e. The highest BCUT2D eigenvalue weighted by atomic mass is 16.6. The van der Waals surface area contributed by atoms with Gasteiger partial charge in [0.1, 0.15) is 18.2 Å². The van der Waals surface area contributed by atoms with E-state index in [0.717, 1.165) is 22.3 Å². The molecule has 3 amide bonds. The second kappa shape index (κ2) is 11.7. The maximum Gasteiger partial charge on any atom is 0.408 e. The second-order valence-corrected chi connectivity index (χ2v) is 9.51. The number of rotatable bonds is 8. The predicted octanol–water partition coefficient (Wildman–Crippen LogP) is 5.05. The fourth-order valence-electron chi connectivity index (χ4n) is 3.62. The monoisotopic (exact) mass is 467 g/mol. The van der Waals surface area contributed by atoms with E-state index in [4.69, 9.17) is 4.74 Å². The lowest BCUT2D eigenvalue weighted by atomic mass is 9.96. The molecule has 2 N–H and O–H groups in total. The lowest BCUT2D eigenvalue weighted by molar-refractivity contribution is -0.138. The number of anilines is 1. The maximum atomic E-state index is 13.7. The summed E-state index contributed by atoms with van der Waals surface area (Å²) in [6.07, 6.45) is -0.0260. The number of hydrogen-bond acceptors (Lipinski definition) is 4. The van der Waals surface area contributed by atoms with Crippen LogP contribution in [0.5, 0.6) is 0 Å². The molecule has 0 saturated heterocycles. The van der Waals surface area contributed by atoms with E-state index in [1.165, 1.54) is 4.90 Å². The van der Waals surface area contributed by atoms with Crippen molar-refractivity contribution in [2.75, 3.05) is 18.4 Å². The average molecular weight is 468 g/mol. The van der Waals surface area contributed by atoms with Crippen LogP contribution in [0.1, 0.15) is 62.4 Å². The maximum absolute atomic E-state index is 13.7. The van der Waals surface area contributed by atoms with Crippen LogP contribution in [0.2, 0.25) is 0 Å². The summed E-state index contributed by atoms with van der Waals surface area (Å²) in [5.74, 6) is -0.666. The number of amides is 3. The van der Waals surface area contributed by atoms with Gasteiger partial charge in [0.2, 0.25) is 5.91 Å². The van der Waals surface area contributed by atoms with Crippen LogP contribution in [-0.2, 0) is 14.3 Å². The molecule has 7 heteroatoms. The normalized spacial score (nSPS) is 12.0. The highest BCUT2D eigenvalue weighted by Gasteiger charge is 2.32. The average Bonchev–Trinajstić information content (AvgIpc) is 2.74. The molecule has 0 aromatic heterocycles. The van der Waals surface area contributed by atoms with Gasteiger partial charge < -0.3 is 20.3 Å². The first-order chi connectivity index (χ1) is 15.9. The fourth-order valence-corrected chi connectivity index (χ4v) is 3.62. The summed E-state index contributed by atoms with van der Waals surface area (Å²) < 4.78 is 5.25. The van der Waals surface area contributed by atoms with E-state index in [0.29, 0.717) is 18.7 Å². The summed E-state index contributed by atoms with van der Waals surface area (Å²) in [5, 5.41) is 5.52. The quantitative estimate of drug-likeness (QED) is 0.568. The molecular weight excluding hydrogens is 430 g/mol. The van der Waals surface area contributed by atoms with Gasteiger partial charge in [-0.25, -0.2) is 4.79 Å². The van der Waals surface area contributed by atoms with Crippen molar-refractivity contribution in [3.05, 3.63) is 64.7 Å². The van der Waals surface area contributed by atoms with Gasteiger partial charge in [0, 0.05) is 12.2 Å². The van der Waals surface area contributed by atoms with Crippen molar-refractivity contribution in [2.24, 2.45) is 0 Å². The molecule has 0 spiro atoms. The molecule has 2 aromatic carbocycles. The van der Waals surface area contributed by atoms with Crippen LogP contribution in [0.15, 0.2) is 42.5 Å². The van der Waals surface area contributed by atoms with E-state index in [2.05, 4.69) is 10.6 Å². The van der Waals surface area contributed by atoms with Crippen molar-refractivity contribution >= 4 is 23.6 Å². The van der Waals surface area contributed by atoms with Gasteiger partial charge in [-0.15, -0.1) is 0 Å². The minimum Gasteiger partial charge on any atom is -0.444 e. The molecule has 7 nitrogen and oxygen atoms in total. The molecule has 184 valence electrons. The van der Waals surface area contributed by atoms with E-state index in [-0.39, 0.29) is 18.4 Å². The molecule has 0 aliphatic heterocycles. The van der Waals surface area contributed by atoms with Crippen molar-refractivity contribution in [1.29, 1.82) is 0 Å². The zero-order chi connectivity index (χ0) is 25.5. The highest BCUT2D eigenvalue weighted by Crippen LogP contribution is 2.28. The minimum atomic E-state index is -0.854. The van der Waals surface area contributed by atoms with Crippen LogP contribution < -0.4 is 10.6 Å². The number of para-hydroxylation sites is 1. The molecule has 0 aliphatic rings. The van der Waals surface area contributed by atoms with Gasteiger partial charge in [0.25, 0.3) is 5.91 Å². The number of ether oxygens (including phenoxy) is 1. The first kappa shape index (κ1) is 26.9. The van der Waals surface area contributed by atoms with Crippen LogP contribution >= 0.6 is 0 Å². The van der Waals surface area contributed by atoms with Crippen molar-refractivity contribution < 1.29 is 19.1 Å². The Morgan fingerprint density at radius 2 is 1.68 bits per heavy atom. The van der Waals surface area contributed by atoms with Crippen LogP contribution in [0.4, 0.5) is 10.5 Å². The Morgan fingerprint density at radius 3 is 2.29 bits per heavy atom. The predicted molar refractivity (Wildman–Crippen MR) is 135 cm³/mol. The second-order valence-electron chi connectivity index (χ2n) is 9.51. The Kier molecular flexibility index (Phi) is 9.24. The molecular formula is C27H37N3O4. The lowest BCUT2D eigenvalue weighted by Crippen LogP contribution is -2.47. The number of carbonyl (C=O) groups excluding carboxylic acids is 3. The summed E-state index contributed by atoms with van der Waals surface area (Å²) >= 11 is 0. The molecule has 2 aromatic rings. The molecule has 1 atom stereocenters. The van der Waals surface area contributed by atoms with E-state index in [1.54, 1.807) is 20.8 Å². The van der Waals surface area contributed by atoms with E-state index < -0.39 is 17.7 Å². The first-order valence-electron chi connectivity index (χ1n) is 11.6. The minimum absolute atomic E-state index is 0.270. The number of alkyl carbamates (subject to hydrolysis) is 1. The molecule has 1 unspecified atom stereocenters. The molecule has 0 heterocycles. The van der Waals surface area contributed by atoms with Crippen LogP contribution in [0.3, 0.4) is 0 Å². The van der Waals surface area contributed by atoms with Gasteiger partial charge in [-0.2, -0.15) is 0 Å². The van der Waals surface area contributed by atoms with Gasteiger partial charge in [-0.1, -0.05) is 48.9 Å². The SMILES string of the molecule is CCCN(C(=O)CNC(=O)OC(C)(C)C)C(C(=O)Nc1ccccc1C)c1cc(C)ccc1C. The van der Waals surface area contributed by atoms with Gasteiger partial charge in [0.15, 0.2) is 0 Å². The van der Waals surface area contributed by atoms with Crippen LogP contribution in [0, 0.1) is 20.8 Å². The third-order valence-corrected chi connectivity index (χ3v) is 5.26. The Hall–Kier alpha value is -3.35. The van der Waals surface area contributed by atoms with Gasteiger partial charge >= 0.3 is 6.09 Å². The Bertz CT molecular complexity index is 1030. The number of hydrogen-bond donors (Lipinski definition) is 2. The Balaban J connectivity index is 2.39. The molecule has 0 saturated carbocycles. The molecule has 0 fully saturated rings. The first-order valence-corrected chi connectivity index (χ1v) is 11.6. The summed E-state index contributed by atoms with van der Waals surface area (Å²) in [4.78, 5) is 40.6. The Labute approximate surface area is 202 Å². The van der Waals surface area contributed by atoms with E-state index in [9.17, 15) is 14.4 Å². The molecule has 2 rings (SSSR count). The summed E-state index contributed by atoms with van der Waals surface area (Å²) in [6.45, 7) is 13.1. The van der Waals surface area contributed by atoms with Gasteiger partial charge in [-0.05, 0) is 70.7 Å². The zero-order valence-corrected chi connectivity index (χ0v) is 21.3. The van der Waals surface area contributed by atoms with Gasteiger partial charge in [0.05, 0.1) is 0 Å². The van der Waals surface area contributed by atoms with Crippen molar-refractivity contribution in [3.8, 4) is 0 Å². The number of nitrogens with one attached hydrogen (secondary N) is 2. The molecule has 34 heavy (non-hydrogen) atoms. The fraction of sp³-hybridized carbons (Fsp3) is 0.444. The van der Waals surface area contributed by atoms with Gasteiger partial charge in [-0.3, -0.25) is 9.59 Å². The Morgan fingerprint density at radius 1 is 1.00 bits per heavy atom. The standard InChI is InChI=1S/C27H37N3O4/c1-8-15-30(23(31)17-28-26(33)34-27(5,6)7)24(21-16-18(2)13-14-19(21)3)25(32)29-22-12-10-9-11-20(22)4/h9-14,16,24H,8,15,17H2,1-7H3,(H,28,33)(H,29,32). The largest absolute Gasteiger partial charge is 0.444 e. The summed E-state index contributed by atoms with van der Waals surface area (Å²) in [6, 6.07) is 12.5. The van der Waals surface area contributed by atoms with Crippen LogP contribution in [-0.4, -0.2) is 41.5 Å². The molecule has 0 radical (unpaired) electrons. The third-order valence-electron chi connectivity index (χ3n) is 5.26. The summed E-state index contributed by atoms with van der Waals surface area (Å²) in [5.41, 5.74) is 3.60. The topological polar surface area (TPSA) is 87.7 Å². The molecule has 0 bridgehead atoms. The van der Waals surface area contributed by atoms with Crippen LogP contribution in [0.25, 0.3) is 0 Å². The van der Waals surface area contributed by atoms with Crippen molar-refractivity contribution in [3.63, 3.8) is 0 Å².